The molecule has 0 fully saturated rings. The van der Waals surface area contributed by atoms with E-state index in [9.17, 15) is 0 Å². The molecule has 0 aliphatic heterocycles. The van der Waals surface area contributed by atoms with Crippen molar-refractivity contribution < 1.29 is 4.42 Å². The SMILES string of the molecule is Cc1ccc2nc(CNc3nc4ccccc4o3)cn2c1. The van der Waals surface area contributed by atoms with Gasteiger partial charge in [-0.1, -0.05) is 18.2 Å². The predicted octanol–water partition coefficient (Wildman–Crippen LogP) is 3.40. The summed E-state index contributed by atoms with van der Waals surface area (Å²) in [4.78, 5) is 8.94. The van der Waals surface area contributed by atoms with Crippen LogP contribution in [0.2, 0.25) is 0 Å². The Morgan fingerprint density at radius 3 is 2.90 bits per heavy atom. The number of aryl methyl sites for hydroxylation is 1. The fourth-order valence-corrected chi connectivity index (χ4v) is 2.35. The number of rotatable bonds is 3. The third kappa shape index (κ3) is 2.23. The van der Waals surface area contributed by atoms with E-state index < -0.39 is 0 Å². The Morgan fingerprint density at radius 2 is 2.00 bits per heavy atom. The standard InChI is InChI=1S/C16H14N4O/c1-11-6-7-15-18-12(10-20(15)9-11)8-17-16-19-13-4-2-3-5-14(13)21-16/h2-7,9-10H,8H2,1H3,(H,17,19). The fourth-order valence-electron chi connectivity index (χ4n) is 2.35. The second-order valence-corrected chi connectivity index (χ2v) is 5.04. The molecular weight excluding hydrogens is 264 g/mol. The summed E-state index contributed by atoms with van der Waals surface area (Å²) in [5.41, 5.74) is 4.73. The summed E-state index contributed by atoms with van der Waals surface area (Å²) in [6.45, 7) is 2.64. The summed E-state index contributed by atoms with van der Waals surface area (Å²) >= 11 is 0. The molecule has 0 aliphatic carbocycles. The van der Waals surface area contributed by atoms with Gasteiger partial charge in [0.25, 0.3) is 6.01 Å². The number of nitrogens with one attached hydrogen (secondary N) is 1. The number of anilines is 1. The number of hydrogen-bond donors (Lipinski definition) is 1. The molecule has 0 unspecified atom stereocenters. The highest BCUT2D eigenvalue weighted by atomic mass is 16.4. The normalized spacial score (nSPS) is 11.3. The van der Waals surface area contributed by atoms with Gasteiger partial charge in [0.2, 0.25) is 0 Å². The molecule has 3 heterocycles. The van der Waals surface area contributed by atoms with Crippen LogP contribution in [0.25, 0.3) is 16.7 Å². The van der Waals surface area contributed by atoms with Crippen molar-refractivity contribution in [2.24, 2.45) is 0 Å². The highest BCUT2D eigenvalue weighted by Gasteiger charge is 2.06. The number of pyridine rings is 1. The number of fused-ring (bicyclic) bond motifs is 2. The Morgan fingerprint density at radius 1 is 1.10 bits per heavy atom. The van der Waals surface area contributed by atoms with Gasteiger partial charge in [-0.05, 0) is 30.7 Å². The van der Waals surface area contributed by atoms with Gasteiger partial charge in [-0.3, -0.25) is 0 Å². The van der Waals surface area contributed by atoms with Gasteiger partial charge in [0.05, 0.1) is 12.2 Å². The van der Waals surface area contributed by atoms with Crippen LogP contribution in [0.4, 0.5) is 6.01 Å². The molecule has 104 valence electrons. The molecule has 0 spiro atoms. The van der Waals surface area contributed by atoms with E-state index in [1.54, 1.807) is 0 Å². The molecule has 0 saturated carbocycles. The van der Waals surface area contributed by atoms with Crippen LogP contribution in [0.3, 0.4) is 0 Å². The third-order valence-corrected chi connectivity index (χ3v) is 3.36. The van der Waals surface area contributed by atoms with Crippen LogP contribution in [0.1, 0.15) is 11.3 Å². The second-order valence-electron chi connectivity index (χ2n) is 5.04. The zero-order valence-electron chi connectivity index (χ0n) is 11.6. The molecule has 5 heteroatoms. The van der Waals surface area contributed by atoms with Gasteiger partial charge in [0, 0.05) is 12.4 Å². The molecule has 4 rings (SSSR count). The quantitative estimate of drug-likeness (QED) is 0.624. The topological polar surface area (TPSA) is 55.4 Å². The number of benzene rings is 1. The summed E-state index contributed by atoms with van der Waals surface area (Å²) in [7, 11) is 0. The van der Waals surface area contributed by atoms with Crippen molar-refractivity contribution in [3.05, 3.63) is 60.0 Å². The summed E-state index contributed by atoms with van der Waals surface area (Å²) in [5, 5.41) is 3.17. The zero-order valence-corrected chi connectivity index (χ0v) is 11.6. The van der Waals surface area contributed by atoms with E-state index in [0.717, 1.165) is 22.4 Å². The largest absolute Gasteiger partial charge is 0.424 e. The van der Waals surface area contributed by atoms with Crippen molar-refractivity contribution in [1.82, 2.24) is 14.4 Å². The van der Waals surface area contributed by atoms with Crippen LogP contribution >= 0.6 is 0 Å². The Balaban J connectivity index is 1.57. The van der Waals surface area contributed by atoms with E-state index >= 15 is 0 Å². The van der Waals surface area contributed by atoms with Crippen LogP contribution in [0, 0.1) is 6.92 Å². The molecule has 0 aliphatic rings. The Bertz CT molecular complexity index is 889. The van der Waals surface area contributed by atoms with Crippen molar-refractivity contribution in [2.45, 2.75) is 13.5 Å². The van der Waals surface area contributed by atoms with Crippen molar-refractivity contribution in [2.75, 3.05) is 5.32 Å². The van der Waals surface area contributed by atoms with Crippen LogP contribution in [-0.2, 0) is 6.54 Å². The zero-order chi connectivity index (χ0) is 14.2. The first-order chi connectivity index (χ1) is 10.3. The van der Waals surface area contributed by atoms with E-state index in [0.29, 0.717) is 12.6 Å². The number of nitrogens with zero attached hydrogens (tertiary/aromatic N) is 3. The number of aromatic nitrogens is 3. The van der Waals surface area contributed by atoms with Gasteiger partial charge < -0.3 is 14.1 Å². The lowest BCUT2D eigenvalue weighted by Gasteiger charge is -1.96. The Hall–Kier alpha value is -2.82. The van der Waals surface area contributed by atoms with Crippen molar-refractivity contribution >= 4 is 22.8 Å². The van der Waals surface area contributed by atoms with Crippen LogP contribution in [0.5, 0.6) is 0 Å². The predicted molar refractivity (Wildman–Crippen MR) is 81.3 cm³/mol. The first kappa shape index (κ1) is 12.0. The van der Waals surface area contributed by atoms with Crippen molar-refractivity contribution in [1.29, 1.82) is 0 Å². The highest BCUT2D eigenvalue weighted by molar-refractivity contribution is 5.74. The molecule has 21 heavy (non-hydrogen) atoms. The summed E-state index contributed by atoms with van der Waals surface area (Å²) in [6.07, 6.45) is 4.07. The third-order valence-electron chi connectivity index (χ3n) is 3.36. The first-order valence-electron chi connectivity index (χ1n) is 6.82. The van der Waals surface area contributed by atoms with E-state index in [1.807, 2.05) is 40.9 Å². The lowest BCUT2D eigenvalue weighted by atomic mass is 10.3. The fraction of sp³-hybridized carbons (Fsp3) is 0.125. The maximum absolute atomic E-state index is 5.63. The second kappa shape index (κ2) is 4.63. The molecule has 5 nitrogen and oxygen atoms in total. The van der Waals surface area contributed by atoms with Gasteiger partial charge in [0.1, 0.15) is 11.2 Å². The summed E-state index contributed by atoms with van der Waals surface area (Å²) in [5.74, 6) is 0. The van der Waals surface area contributed by atoms with Crippen LogP contribution < -0.4 is 5.32 Å². The van der Waals surface area contributed by atoms with Gasteiger partial charge in [-0.15, -0.1) is 0 Å². The number of imidazole rings is 1. The molecule has 3 aromatic heterocycles. The van der Waals surface area contributed by atoms with Gasteiger partial charge in [-0.25, -0.2) is 4.98 Å². The minimum Gasteiger partial charge on any atom is -0.424 e. The van der Waals surface area contributed by atoms with E-state index in [1.165, 1.54) is 5.56 Å². The van der Waals surface area contributed by atoms with E-state index in [-0.39, 0.29) is 0 Å². The monoisotopic (exact) mass is 278 g/mol. The maximum Gasteiger partial charge on any atom is 0.296 e. The average Bonchev–Trinajstić information content (AvgIpc) is 3.07. The van der Waals surface area contributed by atoms with Gasteiger partial charge in [-0.2, -0.15) is 4.98 Å². The van der Waals surface area contributed by atoms with Crippen molar-refractivity contribution in [3.63, 3.8) is 0 Å². The molecule has 0 saturated heterocycles. The molecular formula is C16H14N4O. The van der Waals surface area contributed by atoms with Crippen LogP contribution in [0.15, 0.2) is 53.2 Å². The molecule has 1 aromatic carbocycles. The number of hydrogen-bond acceptors (Lipinski definition) is 4. The molecule has 0 radical (unpaired) electrons. The summed E-state index contributed by atoms with van der Waals surface area (Å²) in [6, 6.07) is 12.3. The lowest BCUT2D eigenvalue weighted by molar-refractivity contribution is 0.614. The van der Waals surface area contributed by atoms with E-state index in [4.69, 9.17) is 4.42 Å². The van der Waals surface area contributed by atoms with Crippen LogP contribution in [-0.4, -0.2) is 14.4 Å². The maximum atomic E-state index is 5.63. The molecule has 0 bridgehead atoms. The minimum atomic E-state index is 0.518. The lowest BCUT2D eigenvalue weighted by Crippen LogP contribution is -1.99. The number of para-hydroxylation sites is 2. The minimum absolute atomic E-state index is 0.518. The molecule has 0 amide bonds. The Kier molecular flexibility index (Phi) is 2.64. The smallest absolute Gasteiger partial charge is 0.296 e. The van der Waals surface area contributed by atoms with Crippen molar-refractivity contribution in [3.8, 4) is 0 Å². The summed E-state index contributed by atoms with van der Waals surface area (Å²) < 4.78 is 7.65. The number of oxazole rings is 1. The first-order valence-corrected chi connectivity index (χ1v) is 6.82. The molecule has 0 atom stereocenters. The Labute approximate surface area is 121 Å². The van der Waals surface area contributed by atoms with Gasteiger partial charge >= 0.3 is 0 Å². The average molecular weight is 278 g/mol. The molecule has 4 aromatic rings. The molecule has 1 N–H and O–H groups in total. The van der Waals surface area contributed by atoms with Gasteiger partial charge in [0.15, 0.2) is 5.58 Å². The van der Waals surface area contributed by atoms with E-state index in [2.05, 4.69) is 34.5 Å². The highest BCUT2D eigenvalue weighted by Crippen LogP contribution is 2.18.